The van der Waals surface area contributed by atoms with E-state index in [1.54, 1.807) is 37.3 Å². The summed E-state index contributed by atoms with van der Waals surface area (Å²) in [6.45, 7) is 1.68. The van der Waals surface area contributed by atoms with Crippen LogP contribution in [0.25, 0.3) is 17.4 Å². The molecule has 0 atom stereocenters. The van der Waals surface area contributed by atoms with Gasteiger partial charge in [0.1, 0.15) is 17.2 Å². The number of aromatic carboxylic acids is 1. The minimum Gasteiger partial charge on any atom is -0.478 e. The predicted octanol–water partition coefficient (Wildman–Crippen LogP) is 6.41. The van der Waals surface area contributed by atoms with Crippen LogP contribution in [0, 0.1) is 0 Å². The van der Waals surface area contributed by atoms with Crippen LogP contribution in [0.15, 0.2) is 63.6 Å². The standard InChI is InChI=1S/C22H13Cl3N2O4/c1-11-16(21(28)27(26-11)20-17(24)8-14(23)9-18(20)25)10-15-5-6-19(31-15)12-3-2-4-13(7-12)22(29)30/h2-10H,1H3,(H,29,30)/b16-10-. The second-order valence-electron chi connectivity index (χ2n) is 6.67. The quantitative estimate of drug-likeness (QED) is 0.442. The van der Waals surface area contributed by atoms with Gasteiger partial charge in [-0.05, 0) is 49.4 Å². The zero-order chi connectivity index (χ0) is 22.3. The molecule has 0 radical (unpaired) electrons. The fraction of sp³-hybridized carbons (Fsp3) is 0.0455. The first-order valence-corrected chi connectivity index (χ1v) is 10.1. The Morgan fingerprint density at radius 2 is 1.81 bits per heavy atom. The molecule has 0 unspecified atom stereocenters. The van der Waals surface area contributed by atoms with Gasteiger partial charge in [-0.1, -0.05) is 46.9 Å². The molecule has 3 aromatic rings. The van der Waals surface area contributed by atoms with Gasteiger partial charge in [-0.3, -0.25) is 4.79 Å². The lowest BCUT2D eigenvalue weighted by Crippen LogP contribution is -2.22. The van der Waals surface area contributed by atoms with Crippen LogP contribution in [-0.4, -0.2) is 22.7 Å². The number of carboxylic acids is 1. The van der Waals surface area contributed by atoms with Crippen LogP contribution in [-0.2, 0) is 4.79 Å². The number of hydrazone groups is 1. The fourth-order valence-electron chi connectivity index (χ4n) is 3.11. The van der Waals surface area contributed by atoms with E-state index in [0.29, 0.717) is 33.4 Å². The van der Waals surface area contributed by atoms with Gasteiger partial charge >= 0.3 is 5.97 Å². The molecule has 0 spiro atoms. The first kappa shape index (κ1) is 21.2. The van der Waals surface area contributed by atoms with Gasteiger partial charge in [0.15, 0.2) is 0 Å². The third-order valence-corrected chi connectivity index (χ3v) is 5.36. The van der Waals surface area contributed by atoms with E-state index >= 15 is 0 Å². The first-order chi connectivity index (χ1) is 14.7. The first-order valence-electron chi connectivity index (χ1n) is 8.94. The van der Waals surface area contributed by atoms with Gasteiger partial charge in [0.05, 0.1) is 26.9 Å². The molecule has 6 nitrogen and oxygen atoms in total. The number of carbonyl (C=O) groups excluding carboxylic acids is 1. The van der Waals surface area contributed by atoms with Gasteiger partial charge in [-0.25, -0.2) is 4.79 Å². The van der Waals surface area contributed by atoms with Crippen molar-refractivity contribution in [3.8, 4) is 11.3 Å². The number of furan rings is 1. The molecule has 0 aliphatic carbocycles. The van der Waals surface area contributed by atoms with Gasteiger partial charge < -0.3 is 9.52 Å². The highest BCUT2D eigenvalue weighted by molar-refractivity contribution is 6.44. The van der Waals surface area contributed by atoms with Crippen LogP contribution in [0.3, 0.4) is 0 Å². The minimum absolute atomic E-state index is 0.148. The summed E-state index contributed by atoms with van der Waals surface area (Å²) in [6.07, 6.45) is 1.56. The summed E-state index contributed by atoms with van der Waals surface area (Å²) in [4.78, 5) is 24.2. The normalized spacial score (nSPS) is 15.0. The monoisotopic (exact) mass is 474 g/mol. The van der Waals surface area contributed by atoms with E-state index in [0.717, 1.165) is 5.01 Å². The van der Waals surface area contributed by atoms with Gasteiger partial charge in [0.2, 0.25) is 0 Å². The van der Waals surface area contributed by atoms with E-state index in [2.05, 4.69) is 5.10 Å². The Morgan fingerprint density at radius 1 is 1.10 bits per heavy atom. The highest BCUT2D eigenvalue weighted by Gasteiger charge is 2.32. The summed E-state index contributed by atoms with van der Waals surface area (Å²) < 4.78 is 5.80. The summed E-state index contributed by atoms with van der Waals surface area (Å²) in [7, 11) is 0. The Bertz CT molecular complexity index is 1270. The van der Waals surface area contributed by atoms with E-state index < -0.39 is 11.9 Å². The number of halogens is 3. The van der Waals surface area contributed by atoms with Gasteiger partial charge in [0.25, 0.3) is 5.91 Å². The Morgan fingerprint density at radius 3 is 2.48 bits per heavy atom. The number of hydrogen-bond donors (Lipinski definition) is 1. The molecule has 0 fully saturated rings. The minimum atomic E-state index is -1.03. The van der Waals surface area contributed by atoms with E-state index in [1.807, 2.05) is 0 Å². The SMILES string of the molecule is CC1=NN(c2c(Cl)cc(Cl)cc2Cl)C(=O)/C1=C\c1ccc(-c2cccc(C(=O)O)c2)o1. The maximum absolute atomic E-state index is 13.0. The molecule has 1 aromatic heterocycles. The van der Waals surface area contributed by atoms with Crippen molar-refractivity contribution < 1.29 is 19.1 Å². The predicted molar refractivity (Wildman–Crippen MR) is 121 cm³/mol. The highest BCUT2D eigenvalue weighted by atomic mass is 35.5. The molecule has 2 aromatic carbocycles. The number of carbonyl (C=O) groups is 2. The highest BCUT2D eigenvalue weighted by Crippen LogP contribution is 2.39. The summed E-state index contributed by atoms with van der Waals surface area (Å²) in [5, 5.41) is 15.3. The number of nitrogens with zero attached hydrogens (tertiary/aromatic N) is 2. The van der Waals surface area contributed by atoms with Crippen molar-refractivity contribution in [1.29, 1.82) is 0 Å². The molecular formula is C22H13Cl3N2O4. The molecule has 1 amide bonds. The van der Waals surface area contributed by atoms with Crippen molar-refractivity contribution in [2.75, 3.05) is 5.01 Å². The summed E-state index contributed by atoms with van der Waals surface area (Å²) in [5.74, 6) is -0.576. The van der Waals surface area contributed by atoms with Gasteiger partial charge in [-0.2, -0.15) is 10.1 Å². The van der Waals surface area contributed by atoms with Crippen molar-refractivity contribution in [2.45, 2.75) is 6.92 Å². The summed E-state index contributed by atoms with van der Waals surface area (Å²) in [6, 6.07) is 12.7. The van der Waals surface area contributed by atoms with Crippen molar-refractivity contribution >= 4 is 64.2 Å². The van der Waals surface area contributed by atoms with Crippen LogP contribution < -0.4 is 5.01 Å². The third kappa shape index (κ3) is 4.10. The number of benzene rings is 2. The zero-order valence-corrected chi connectivity index (χ0v) is 18.2. The van der Waals surface area contributed by atoms with E-state index in [-0.39, 0.29) is 21.3 Å². The van der Waals surface area contributed by atoms with Crippen molar-refractivity contribution in [2.24, 2.45) is 5.10 Å². The third-order valence-electron chi connectivity index (χ3n) is 4.56. The van der Waals surface area contributed by atoms with Crippen molar-refractivity contribution in [3.05, 3.63) is 80.5 Å². The van der Waals surface area contributed by atoms with Crippen LogP contribution in [0.5, 0.6) is 0 Å². The second kappa shape index (κ2) is 8.23. The Labute approximate surface area is 191 Å². The second-order valence-corrected chi connectivity index (χ2v) is 7.92. The van der Waals surface area contributed by atoms with E-state index in [4.69, 9.17) is 44.3 Å². The number of rotatable bonds is 4. The van der Waals surface area contributed by atoms with Crippen LogP contribution >= 0.6 is 34.8 Å². The molecular weight excluding hydrogens is 463 g/mol. The van der Waals surface area contributed by atoms with Crippen LogP contribution in [0.1, 0.15) is 23.0 Å². The molecule has 31 heavy (non-hydrogen) atoms. The topological polar surface area (TPSA) is 83.1 Å². The average molecular weight is 476 g/mol. The molecule has 2 heterocycles. The van der Waals surface area contributed by atoms with Gasteiger partial charge in [0, 0.05) is 10.6 Å². The molecule has 0 saturated carbocycles. The van der Waals surface area contributed by atoms with Crippen LogP contribution in [0.2, 0.25) is 15.1 Å². The summed E-state index contributed by atoms with van der Waals surface area (Å²) >= 11 is 18.4. The lowest BCUT2D eigenvalue weighted by molar-refractivity contribution is -0.114. The van der Waals surface area contributed by atoms with Crippen LogP contribution in [0.4, 0.5) is 5.69 Å². The van der Waals surface area contributed by atoms with Gasteiger partial charge in [-0.15, -0.1) is 0 Å². The number of amides is 1. The maximum Gasteiger partial charge on any atom is 0.335 e. The molecule has 1 aliphatic heterocycles. The maximum atomic E-state index is 13.0. The fourth-order valence-corrected chi connectivity index (χ4v) is 4.08. The number of anilines is 1. The summed E-state index contributed by atoms with van der Waals surface area (Å²) in [5.41, 5.74) is 1.76. The van der Waals surface area contributed by atoms with Crippen molar-refractivity contribution in [3.63, 3.8) is 0 Å². The molecule has 156 valence electrons. The number of carboxylic acid groups (broad SMARTS) is 1. The van der Waals surface area contributed by atoms with E-state index in [9.17, 15) is 9.59 Å². The largest absolute Gasteiger partial charge is 0.478 e. The molecule has 1 N–H and O–H groups in total. The molecule has 0 saturated heterocycles. The molecule has 1 aliphatic rings. The Balaban J connectivity index is 1.65. The lowest BCUT2D eigenvalue weighted by atomic mass is 10.1. The van der Waals surface area contributed by atoms with E-state index in [1.165, 1.54) is 24.3 Å². The number of hydrogen-bond acceptors (Lipinski definition) is 4. The smallest absolute Gasteiger partial charge is 0.335 e. The Hall–Kier alpha value is -3.06. The van der Waals surface area contributed by atoms with Crippen molar-refractivity contribution in [1.82, 2.24) is 0 Å². The molecule has 4 rings (SSSR count). The molecule has 9 heteroatoms. The zero-order valence-electron chi connectivity index (χ0n) is 15.9. The molecule has 0 bridgehead atoms. The Kier molecular flexibility index (Phi) is 5.62. The lowest BCUT2D eigenvalue weighted by Gasteiger charge is -2.15. The average Bonchev–Trinajstić information content (AvgIpc) is 3.28.